The molecule has 1 aromatic heterocycles. The lowest BCUT2D eigenvalue weighted by Gasteiger charge is -1.98. The third-order valence-corrected chi connectivity index (χ3v) is 4.00. The molecule has 2 rings (SSSR count). The Bertz CT molecular complexity index is 638. The summed E-state index contributed by atoms with van der Waals surface area (Å²) in [6.45, 7) is 1.74. The standard InChI is InChI=1S/C12H11BrN4OS/c1-7-10(19-12(14)16-7)11(18)17-15-6-8-4-2-3-5-9(8)13/h2-6H,1H3,(H2,14,16)(H,17,18). The molecule has 7 heteroatoms. The number of carbonyl (C=O) groups excluding carboxylic acids is 1. The summed E-state index contributed by atoms with van der Waals surface area (Å²) in [5.74, 6) is -0.310. The molecule has 0 aliphatic heterocycles. The van der Waals surface area contributed by atoms with Crippen molar-refractivity contribution in [3.8, 4) is 0 Å². The van der Waals surface area contributed by atoms with Crippen LogP contribution in [0.4, 0.5) is 5.13 Å². The number of anilines is 1. The maximum Gasteiger partial charge on any atom is 0.283 e. The second kappa shape index (κ2) is 5.94. The normalized spacial score (nSPS) is 10.8. The van der Waals surface area contributed by atoms with Crippen molar-refractivity contribution in [1.29, 1.82) is 0 Å². The molecule has 0 radical (unpaired) electrons. The van der Waals surface area contributed by atoms with Gasteiger partial charge in [-0.25, -0.2) is 10.4 Å². The molecule has 1 amide bonds. The second-order valence-corrected chi connectivity index (χ2v) is 5.57. The van der Waals surface area contributed by atoms with Gasteiger partial charge in [0.15, 0.2) is 5.13 Å². The molecule has 1 heterocycles. The number of thiazole rings is 1. The van der Waals surface area contributed by atoms with Crippen LogP contribution in [-0.4, -0.2) is 17.1 Å². The van der Waals surface area contributed by atoms with Gasteiger partial charge >= 0.3 is 0 Å². The molecule has 0 bridgehead atoms. The van der Waals surface area contributed by atoms with E-state index in [1.807, 2.05) is 24.3 Å². The van der Waals surface area contributed by atoms with E-state index in [-0.39, 0.29) is 5.91 Å². The van der Waals surface area contributed by atoms with Crippen LogP contribution in [0.2, 0.25) is 0 Å². The predicted octanol–water partition coefficient (Wildman–Crippen LogP) is 2.56. The van der Waals surface area contributed by atoms with E-state index in [2.05, 4.69) is 31.4 Å². The molecule has 3 N–H and O–H groups in total. The van der Waals surface area contributed by atoms with Crippen molar-refractivity contribution >= 4 is 44.5 Å². The zero-order valence-electron chi connectivity index (χ0n) is 10.1. The third kappa shape index (κ3) is 3.39. The Morgan fingerprint density at radius 2 is 2.26 bits per heavy atom. The maximum absolute atomic E-state index is 11.8. The highest BCUT2D eigenvalue weighted by Gasteiger charge is 2.13. The van der Waals surface area contributed by atoms with E-state index >= 15 is 0 Å². The SMILES string of the molecule is Cc1nc(N)sc1C(=O)NN=Cc1ccccc1Br. The van der Waals surface area contributed by atoms with Gasteiger partial charge in [0.05, 0.1) is 11.9 Å². The number of halogens is 1. The van der Waals surface area contributed by atoms with Gasteiger partial charge in [-0.2, -0.15) is 5.10 Å². The van der Waals surface area contributed by atoms with Gasteiger partial charge in [-0.05, 0) is 13.0 Å². The quantitative estimate of drug-likeness (QED) is 0.666. The molecule has 2 aromatic rings. The van der Waals surface area contributed by atoms with E-state index in [4.69, 9.17) is 5.73 Å². The number of carbonyl (C=O) groups is 1. The molecule has 0 saturated carbocycles. The first-order valence-corrected chi connectivity index (χ1v) is 6.99. The Kier molecular flexibility index (Phi) is 4.28. The summed E-state index contributed by atoms with van der Waals surface area (Å²) >= 11 is 4.54. The number of aromatic nitrogens is 1. The average Bonchev–Trinajstić information content (AvgIpc) is 2.71. The minimum absolute atomic E-state index is 0.310. The summed E-state index contributed by atoms with van der Waals surface area (Å²) in [6, 6.07) is 7.58. The highest BCUT2D eigenvalue weighted by Crippen LogP contribution is 2.19. The molecule has 0 aliphatic carbocycles. The van der Waals surface area contributed by atoms with Crippen molar-refractivity contribution in [1.82, 2.24) is 10.4 Å². The molecule has 19 heavy (non-hydrogen) atoms. The predicted molar refractivity (Wildman–Crippen MR) is 80.5 cm³/mol. The fourth-order valence-electron chi connectivity index (χ4n) is 1.42. The van der Waals surface area contributed by atoms with E-state index < -0.39 is 0 Å². The van der Waals surface area contributed by atoms with Crippen LogP contribution in [0.25, 0.3) is 0 Å². The Labute approximate surface area is 122 Å². The van der Waals surface area contributed by atoms with E-state index in [0.717, 1.165) is 21.4 Å². The first kappa shape index (κ1) is 13.7. The maximum atomic E-state index is 11.8. The summed E-state index contributed by atoms with van der Waals surface area (Å²) in [4.78, 5) is 16.3. The lowest BCUT2D eigenvalue weighted by molar-refractivity contribution is 0.0958. The summed E-state index contributed by atoms with van der Waals surface area (Å²) in [5.41, 5.74) is 9.48. The number of nitrogens with zero attached hydrogens (tertiary/aromatic N) is 2. The van der Waals surface area contributed by atoms with Crippen LogP contribution in [0.1, 0.15) is 20.9 Å². The molecule has 0 unspecified atom stereocenters. The molecular weight excluding hydrogens is 328 g/mol. The fourth-order valence-corrected chi connectivity index (χ4v) is 2.53. The molecular formula is C12H11BrN4OS. The molecule has 5 nitrogen and oxygen atoms in total. The van der Waals surface area contributed by atoms with E-state index in [9.17, 15) is 4.79 Å². The van der Waals surface area contributed by atoms with E-state index in [1.54, 1.807) is 13.1 Å². The molecule has 0 saturated heterocycles. The number of nitrogens with two attached hydrogens (primary N) is 1. The lowest BCUT2D eigenvalue weighted by atomic mass is 10.2. The van der Waals surface area contributed by atoms with E-state index in [0.29, 0.717) is 15.7 Å². The van der Waals surface area contributed by atoms with Gasteiger partial charge in [0, 0.05) is 10.0 Å². The van der Waals surface area contributed by atoms with Crippen molar-refractivity contribution in [2.24, 2.45) is 5.10 Å². The minimum atomic E-state index is -0.310. The summed E-state index contributed by atoms with van der Waals surface area (Å²) in [7, 11) is 0. The monoisotopic (exact) mass is 338 g/mol. The Morgan fingerprint density at radius 1 is 1.53 bits per heavy atom. The Morgan fingerprint density at radius 3 is 2.89 bits per heavy atom. The zero-order valence-corrected chi connectivity index (χ0v) is 12.5. The van der Waals surface area contributed by atoms with E-state index in [1.165, 1.54) is 0 Å². The first-order chi connectivity index (χ1) is 9.08. The number of benzene rings is 1. The van der Waals surface area contributed by atoms with Crippen molar-refractivity contribution in [2.45, 2.75) is 6.92 Å². The number of nitrogens with one attached hydrogen (secondary N) is 1. The summed E-state index contributed by atoms with van der Waals surface area (Å²) < 4.78 is 0.909. The largest absolute Gasteiger partial charge is 0.375 e. The first-order valence-electron chi connectivity index (χ1n) is 5.39. The summed E-state index contributed by atoms with van der Waals surface area (Å²) in [5, 5.41) is 4.29. The van der Waals surface area contributed by atoms with Gasteiger partial charge in [-0.15, -0.1) is 0 Å². The van der Waals surface area contributed by atoms with Gasteiger partial charge in [0.2, 0.25) is 0 Å². The van der Waals surface area contributed by atoms with Crippen LogP contribution < -0.4 is 11.2 Å². The van der Waals surface area contributed by atoms with Crippen molar-refractivity contribution in [3.05, 3.63) is 44.9 Å². The van der Waals surface area contributed by atoms with Gasteiger partial charge in [-0.1, -0.05) is 45.5 Å². The number of hydrogen-bond acceptors (Lipinski definition) is 5. The van der Waals surface area contributed by atoms with Crippen LogP contribution >= 0.6 is 27.3 Å². The molecule has 0 aliphatic rings. The highest BCUT2D eigenvalue weighted by molar-refractivity contribution is 9.10. The Hall–Kier alpha value is -1.73. The molecule has 1 aromatic carbocycles. The minimum Gasteiger partial charge on any atom is -0.375 e. The number of rotatable bonds is 3. The highest BCUT2D eigenvalue weighted by atomic mass is 79.9. The smallest absolute Gasteiger partial charge is 0.283 e. The second-order valence-electron chi connectivity index (χ2n) is 3.69. The van der Waals surface area contributed by atoms with Crippen molar-refractivity contribution in [2.75, 3.05) is 5.73 Å². The number of hydrogen-bond donors (Lipinski definition) is 2. The molecule has 0 fully saturated rings. The van der Waals surface area contributed by atoms with Crippen molar-refractivity contribution in [3.63, 3.8) is 0 Å². The average molecular weight is 339 g/mol. The van der Waals surface area contributed by atoms with Crippen LogP contribution in [0.15, 0.2) is 33.8 Å². The molecule has 0 atom stereocenters. The molecule has 0 spiro atoms. The number of aryl methyl sites for hydroxylation is 1. The fraction of sp³-hybridized carbons (Fsp3) is 0.0833. The van der Waals surface area contributed by atoms with Gasteiger partial charge in [0.25, 0.3) is 5.91 Å². The van der Waals surface area contributed by atoms with Crippen molar-refractivity contribution < 1.29 is 4.79 Å². The van der Waals surface area contributed by atoms with Crippen LogP contribution in [0.5, 0.6) is 0 Å². The molecule has 98 valence electrons. The van der Waals surface area contributed by atoms with Crippen LogP contribution in [-0.2, 0) is 0 Å². The summed E-state index contributed by atoms with van der Waals surface area (Å²) in [6.07, 6.45) is 1.57. The lowest BCUT2D eigenvalue weighted by Crippen LogP contribution is -2.17. The number of amides is 1. The van der Waals surface area contributed by atoms with Gasteiger partial charge in [0.1, 0.15) is 4.88 Å². The number of nitrogen functional groups attached to an aromatic ring is 1. The van der Waals surface area contributed by atoms with Gasteiger partial charge < -0.3 is 5.73 Å². The third-order valence-electron chi connectivity index (χ3n) is 2.29. The zero-order chi connectivity index (χ0) is 13.8. The van der Waals surface area contributed by atoms with Crippen LogP contribution in [0, 0.1) is 6.92 Å². The van der Waals surface area contributed by atoms with Gasteiger partial charge in [-0.3, -0.25) is 4.79 Å². The Balaban J connectivity index is 2.05. The van der Waals surface area contributed by atoms with Crippen LogP contribution in [0.3, 0.4) is 0 Å². The topological polar surface area (TPSA) is 80.4 Å². The number of hydrazone groups is 1.